The van der Waals surface area contributed by atoms with Crippen molar-refractivity contribution in [3.63, 3.8) is 0 Å². The minimum atomic E-state index is -4.21. The molecule has 0 bridgehead atoms. The van der Waals surface area contributed by atoms with Crippen molar-refractivity contribution in [3.05, 3.63) is 37.5 Å². The van der Waals surface area contributed by atoms with Crippen molar-refractivity contribution in [2.75, 3.05) is 40.6 Å². The first kappa shape index (κ1) is 50.6. The summed E-state index contributed by atoms with van der Waals surface area (Å²) in [5.41, 5.74) is 0. The van der Waals surface area contributed by atoms with Crippen LogP contribution in [0.5, 0.6) is 0 Å². The van der Waals surface area contributed by atoms with E-state index in [0.29, 0.717) is 12.8 Å². The Morgan fingerprint density at radius 1 is 0.796 bits per heavy atom. The van der Waals surface area contributed by atoms with E-state index in [9.17, 15) is 14.5 Å². The molecular weight excluding hydrogens is 709 g/mol. The molecule has 0 radical (unpaired) electrons. The standard InChI is InChI=1S/C42H78NO10P/c1-7-11-13-15-16-17-18-19-20-21-22-23-24-26-28-30-38(44)43-39-41(49-34-31-36(48-6)29-27-25-14-12-8-2)40(37(35-47-5)52-42(39)45)53-54(46,50-32-9-3)51-33-10-4/h9-10,17-18,36-37,39-42,45H,3-4,7-8,11-16,19-35H2,1-2,5-6H3,(H,43,44)/b18-17-/t36-,37-,39-,40-,41-,42?/m1/s1. The largest absolute Gasteiger partial charge is 0.475 e. The van der Waals surface area contributed by atoms with Crippen LogP contribution in [0.25, 0.3) is 0 Å². The average Bonchev–Trinajstić information content (AvgIpc) is 3.16. The van der Waals surface area contributed by atoms with Gasteiger partial charge in [0.15, 0.2) is 6.29 Å². The molecule has 0 aliphatic carbocycles. The minimum absolute atomic E-state index is 0.0144. The lowest BCUT2D eigenvalue weighted by molar-refractivity contribution is -0.261. The molecule has 0 spiro atoms. The number of allylic oxidation sites excluding steroid dienone is 2. The number of aliphatic hydroxyl groups excluding tert-OH is 1. The molecule has 1 fully saturated rings. The molecule has 0 saturated carbocycles. The van der Waals surface area contributed by atoms with Gasteiger partial charge in [-0.3, -0.25) is 18.4 Å². The summed E-state index contributed by atoms with van der Waals surface area (Å²) in [5, 5.41) is 14.2. The van der Waals surface area contributed by atoms with Crippen LogP contribution in [0.3, 0.4) is 0 Å². The Balaban J connectivity index is 2.86. The lowest BCUT2D eigenvalue weighted by Gasteiger charge is -2.45. The molecule has 1 heterocycles. The molecule has 0 aromatic rings. The van der Waals surface area contributed by atoms with E-state index >= 15 is 0 Å². The first-order valence-electron chi connectivity index (χ1n) is 21.0. The average molecular weight is 788 g/mol. The van der Waals surface area contributed by atoms with Gasteiger partial charge in [-0.25, -0.2) is 4.57 Å². The number of methoxy groups -OCH3 is 2. The highest BCUT2D eigenvalue weighted by atomic mass is 31.2. The zero-order chi connectivity index (χ0) is 39.7. The fourth-order valence-corrected chi connectivity index (χ4v) is 7.86. The van der Waals surface area contributed by atoms with Crippen LogP contribution in [0.4, 0.5) is 0 Å². The maximum Gasteiger partial charge on any atom is 0.475 e. The Hall–Kier alpha value is -1.40. The molecule has 1 saturated heterocycles. The first-order chi connectivity index (χ1) is 26.3. The van der Waals surface area contributed by atoms with Crippen LogP contribution in [0.15, 0.2) is 37.5 Å². The second kappa shape index (κ2) is 33.7. The second-order valence-corrected chi connectivity index (χ2v) is 15.9. The van der Waals surface area contributed by atoms with Gasteiger partial charge >= 0.3 is 7.82 Å². The maximum atomic E-state index is 13.8. The number of carbonyl (C=O) groups is 1. The van der Waals surface area contributed by atoms with Crippen LogP contribution in [-0.2, 0) is 41.9 Å². The van der Waals surface area contributed by atoms with E-state index in [1.807, 2.05) is 0 Å². The molecule has 2 N–H and O–H groups in total. The number of carbonyl (C=O) groups excluding carboxylic acids is 1. The fourth-order valence-electron chi connectivity index (χ4n) is 6.54. The molecule has 11 nitrogen and oxygen atoms in total. The van der Waals surface area contributed by atoms with Crippen LogP contribution < -0.4 is 5.32 Å². The third-order valence-electron chi connectivity index (χ3n) is 9.65. The van der Waals surface area contributed by atoms with E-state index in [1.54, 1.807) is 7.11 Å². The number of amides is 1. The quantitative estimate of drug-likeness (QED) is 0.0356. The van der Waals surface area contributed by atoms with Gasteiger partial charge in [0.05, 0.1) is 25.9 Å². The number of rotatable bonds is 37. The van der Waals surface area contributed by atoms with E-state index in [2.05, 4.69) is 44.5 Å². The van der Waals surface area contributed by atoms with Crippen molar-refractivity contribution in [2.24, 2.45) is 0 Å². The van der Waals surface area contributed by atoms with Crippen LogP contribution in [0.1, 0.15) is 149 Å². The fraction of sp³-hybridized carbons (Fsp3) is 0.833. The van der Waals surface area contributed by atoms with E-state index < -0.39 is 38.5 Å². The summed E-state index contributed by atoms with van der Waals surface area (Å²) in [6, 6.07) is -1.02. The molecule has 6 atom stereocenters. The SMILES string of the molecule is C=CCOP(=O)(OCC=C)O[C@H]1[C@H](OCC[C@@H](CCCCCCC)OC)[C@@H](NC(=O)CCCCCCCCC/C=C\CCCCCC)C(O)O[C@@H]1COC. The molecule has 1 rings (SSSR count). The molecule has 0 aromatic heterocycles. The Kier molecular flexibility index (Phi) is 31.6. The van der Waals surface area contributed by atoms with Gasteiger partial charge in [0.25, 0.3) is 0 Å². The van der Waals surface area contributed by atoms with Gasteiger partial charge < -0.3 is 29.4 Å². The van der Waals surface area contributed by atoms with Crippen molar-refractivity contribution in [2.45, 2.75) is 185 Å². The molecule has 1 aliphatic heterocycles. The topological polar surface area (TPSA) is 131 Å². The van der Waals surface area contributed by atoms with E-state index in [4.69, 9.17) is 32.5 Å². The number of phosphoric ester groups is 1. The van der Waals surface area contributed by atoms with Crippen molar-refractivity contribution in [3.8, 4) is 0 Å². The highest BCUT2D eigenvalue weighted by Crippen LogP contribution is 2.52. The predicted octanol–water partition coefficient (Wildman–Crippen LogP) is 9.92. The van der Waals surface area contributed by atoms with Crippen LogP contribution >= 0.6 is 7.82 Å². The van der Waals surface area contributed by atoms with Gasteiger partial charge in [-0.1, -0.05) is 122 Å². The summed E-state index contributed by atoms with van der Waals surface area (Å²) in [5.74, 6) is -0.238. The highest BCUT2D eigenvalue weighted by Gasteiger charge is 2.51. The number of phosphoric acid groups is 1. The number of unbranched alkanes of at least 4 members (excludes halogenated alkanes) is 15. The summed E-state index contributed by atoms with van der Waals surface area (Å²) in [7, 11) is -1.03. The van der Waals surface area contributed by atoms with Gasteiger partial charge in [0, 0.05) is 27.2 Å². The molecule has 1 aliphatic rings. The number of ether oxygens (including phenoxy) is 4. The zero-order valence-electron chi connectivity index (χ0n) is 34.4. The minimum Gasteiger partial charge on any atom is -0.382 e. The lowest BCUT2D eigenvalue weighted by Crippen LogP contribution is -2.65. The monoisotopic (exact) mass is 788 g/mol. The van der Waals surface area contributed by atoms with Gasteiger partial charge in [-0.05, 0) is 44.9 Å². The van der Waals surface area contributed by atoms with Crippen LogP contribution in [0.2, 0.25) is 0 Å². The molecule has 54 heavy (non-hydrogen) atoms. The number of hydrogen-bond acceptors (Lipinski definition) is 10. The third-order valence-corrected chi connectivity index (χ3v) is 11.1. The molecule has 0 aromatic carbocycles. The Bertz CT molecular complexity index is 998. The van der Waals surface area contributed by atoms with E-state index in [-0.39, 0.29) is 38.4 Å². The Labute approximate surface area is 328 Å². The first-order valence-corrected chi connectivity index (χ1v) is 22.5. The smallest absolute Gasteiger partial charge is 0.382 e. The van der Waals surface area contributed by atoms with Crippen molar-refractivity contribution < 1.29 is 47.0 Å². The third kappa shape index (κ3) is 23.6. The maximum absolute atomic E-state index is 13.8. The number of aliphatic hydroxyl groups is 1. The van der Waals surface area contributed by atoms with E-state index in [0.717, 1.165) is 51.4 Å². The van der Waals surface area contributed by atoms with Crippen molar-refractivity contribution >= 4 is 13.7 Å². The van der Waals surface area contributed by atoms with Gasteiger partial charge in [0.1, 0.15) is 24.4 Å². The van der Waals surface area contributed by atoms with E-state index in [1.165, 1.54) is 89.9 Å². The van der Waals surface area contributed by atoms with Gasteiger partial charge in [-0.15, -0.1) is 13.2 Å². The summed E-state index contributed by atoms with van der Waals surface area (Å²) in [4.78, 5) is 13.3. The molecular formula is C42H78NO10P. The van der Waals surface area contributed by atoms with Gasteiger partial charge in [-0.2, -0.15) is 0 Å². The molecule has 316 valence electrons. The molecule has 1 amide bonds. The summed E-state index contributed by atoms with van der Waals surface area (Å²) in [6.45, 7) is 11.7. The second-order valence-electron chi connectivity index (χ2n) is 14.3. The lowest BCUT2D eigenvalue weighted by atomic mass is 9.96. The summed E-state index contributed by atoms with van der Waals surface area (Å²) in [6.07, 6.45) is 25.7. The van der Waals surface area contributed by atoms with Gasteiger partial charge in [0.2, 0.25) is 5.91 Å². The van der Waals surface area contributed by atoms with Crippen molar-refractivity contribution in [1.82, 2.24) is 5.32 Å². The Morgan fingerprint density at radius 2 is 1.35 bits per heavy atom. The molecule has 12 heteroatoms. The highest BCUT2D eigenvalue weighted by molar-refractivity contribution is 7.48. The normalized spacial score (nSPS) is 21.0. The number of hydrogen-bond donors (Lipinski definition) is 2. The van der Waals surface area contributed by atoms with Crippen LogP contribution in [-0.4, -0.2) is 88.4 Å². The molecule has 1 unspecified atom stereocenters. The predicted molar refractivity (Wildman–Crippen MR) is 217 cm³/mol. The van der Waals surface area contributed by atoms with Crippen LogP contribution in [0, 0.1) is 0 Å². The Morgan fingerprint density at radius 3 is 1.93 bits per heavy atom. The number of nitrogens with one attached hydrogen (secondary N) is 1. The summed E-state index contributed by atoms with van der Waals surface area (Å²) < 4.78 is 54.4. The van der Waals surface area contributed by atoms with Crippen molar-refractivity contribution in [1.29, 1.82) is 0 Å². The zero-order valence-corrected chi connectivity index (χ0v) is 35.3. The summed E-state index contributed by atoms with van der Waals surface area (Å²) >= 11 is 0.